The SMILES string of the molecule is NCCNc1nc(NCCNc2nc(NCCNc3ncnc(SCc4ccc(Cl)cc4)n3)nc(SCc3ccc(Cl)cc3)n2)nc(SCc2ccc(Cl)cc2)n1. The maximum atomic E-state index is 6.09. The van der Waals surface area contributed by atoms with Crippen molar-refractivity contribution in [1.29, 1.82) is 0 Å². The molecule has 0 fully saturated rings. The van der Waals surface area contributed by atoms with Crippen molar-refractivity contribution in [3.63, 3.8) is 0 Å². The molecule has 0 aliphatic heterocycles. The monoisotopic (exact) mass is 881 g/mol. The van der Waals surface area contributed by atoms with E-state index in [4.69, 9.17) is 40.5 Å². The molecule has 15 nitrogen and oxygen atoms in total. The van der Waals surface area contributed by atoms with Crippen LogP contribution in [0.1, 0.15) is 16.7 Å². The van der Waals surface area contributed by atoms with E-state index in [9.17, 15) is 0 Å². The molecule has 0 unspecified atom stereocenters. The van der Waals surface area contributed by atoms with E-state index >= 15 is 0 Å². The molecule has 0 bridgehead atoms. The Bertz CT molecular complexity index is 2160. The van der Waals surface area contributed by atoms with Gasteiger partial charge in [0.05, 0.1) is 0 Å². The molecular formula is C36H38Cl3N15S3. The lowest BCUT2D eigenvalue weighted by Crippen LogP contribution is -2.20. The van der Waals surface area contributed by atoms with Gasteiger partial charge in [-0.2, -0.15) is 34.9 Å². The van der Waals surface area contributed by atoms with Gasteiger partial charge in [-0.1, -0.05) is 106 Å². The molecule has 0 saturated heterocycles. The van der Waals surface area contributed by atoms with E-state index in [0.717, 1.165) is 16.7 Å². The third-order valence-corrected chi connectivity index (χ3v) is 11.0. The summed E-state index contributed by atoms with van der Waals surface area (Å²) in [6.07, 6.45) is 1.50. The standard InChI is InChI=1S/C36H38Cl3N15S3/c37-26-7-1-23(2-8-26)19-55-34-47-22-46-29(50-34)42-15-16-43-32-49-33(54-36(53-32)57-21-25-5-11-28(39)12-6-25)45-18-17-44-31-48-30(41-14-13-40)51-35(52-31)56-20-24-3-9-27(38)10-4-24/h1-12,22H,13-21,40H2,(H,42,46,47,50)(H2,41,44,48,51,52)(H2,43,45,49,53,54). The molecule has 0 amide bonds. The van der Waals surface area contributed by atoms with E-state index in [0.29, 0.717) is 117 Å². The van der Waals surface area contributed by atoms with Crippen LogP contribution in [0.4, 0.5) is 29.7 Å². The first-order valence-corrected chi connectivity index (χ1v) is 21.7. The van der Waals surface area contributed by atoms with Gasteiger partial charge in [-0.25, -0.2) is 9.97 Å². The number of halogens is 3. The fourth-order valence-electron chi connectivity index (χ4n) is 4.66. The lowest BCUT2D eigenvalue weighted by molar-refractivity contribution is 0.865. The summed E-state index contributed by atoms with van der Waals surface area (Å²) < 4.78 is 0. The van der Waals surface area contributed by atoms with Crippen molar-refractivity contribution in [3.8, 4) is 0 Å². The number of nitrogens with zero attached hydrogens (tertiary/aromatic N) is 9. The molecule has 0 spiro atoms. The number of anilines is 5. The zero-order valence-electron chi connectivity index (χ0n) is 30.3. The van der Waals surface area contributed by atoms with E-state index in [-0.39, 0.29) is 0 Å². The highest BCUT2D eigenvalue weighted by molar-refractivity contribution is 7.98. The molecule has 3 aromatic heterocycles. The Balaban J connectivity index is 1.04. The van der Waals surface area contributed by atoms with Crippen molar-refractivity contribution in [1.82, 2.24) is 44.9 Å². The summed E-state index contributed by atoms with van der Waals surface area (Å²) in [4.78, 5) is 40.7. The van der Waals surface area contributed by atoms with Crippen LogP contribution in [0, 0.1) is 0 Å². The minimum absolute atomic E-state index is 0.417. The van der Waals surface area contributed by atoms with E-state index in [2.05, 4.69) is 71.4 Å². The Labute approximate surface area is 357 Å². The van der Waals surface area contributed by atoms with Crippen LogP contribution in [0.25, 0.3) is 0 Å². The third kappa shape index (κ3) is 14.8. The zero-order chi connectivity index (χ0) is 39.7. The second kappa shape index (κ2) is 22.5. The minimum Gasteiger partial charge on any atom is -0.353 e. The molecule has 0 aliphatic carbocycles. The third-order valence-electron chi connectivity index (χ3n) is 7.43. The van der Waals surface area contributed by atoms with Crippen LogP contribution in [0.5, 0.6) is 0 Å². The summed E-state index contributed by atoms with van der Waals surface area (Å²) in [5.74, 6) is 4.22. The quantitative estimate of drug-likeness (QED) is 0.0289. The first kappa shape index (κ1) is 42.2. The van der Waals surface area contributed by atoms with Gasteiger partial charge in [-0.3, -0.25) is 0 Å². The van der Waals surface area contributed by atoms with Crippen LogP contribution < -0.4 is 32.3 Å². The van der Waals surface area contributed by atoms with Crippen molar-refractivity contribution < 1.29 is 0 Å². The summed E-state index contributed by atoms with van der Waals surface area (Å²) in [5.41, 5.74) is 9.02. The highest BCUT2D eigenvalue weighted by atomic mass is 35.5. The van der Waals surface area contributed by atoms with Crippen molar-refractivity contribution in [2.75, 3.05) is 65.9 Å². The van der Waals surface area contributed by atoms with Crippen LogP contribution in [-0.2, 0) is 17.3 Å². The predicted molar refractivity (Wildman–Crippen MR) is 234 cm³/mol. The maximum Gasteiger partial charge on any atom is 0.228 e. The van der Waals surface area contributed by atoms with Crippen LogP contribution in [0.3, 0.4) is 0 Å². The first-order valence-electron chi connectivity index (χ1n) is 17.6. The largest absolute Gasteiger partial charge is 0.353 e. The lowest BCUT2D eigenvalue weighted by atomic mass is 10.2. The number of nitrogens with one attached hydrogen (secondary N) is 5. The average molecular weight is 883 g/mol. The van der Waals surface area contributed by atoms with Gasteiger partial charge >= 0.3 is 0 Å². The molecule has 6 aromatic rings. The Morgan fingerprint density at radius 1 is 0.404 bits per heavy atom. The van der Waals surface area contributed by atoms with Gasteiger partial charge in [-0.15, -0.1) is 0 Å². The Kier molecular flexibility index (Phi) is 16.6. The van der Waals surface area contributed by atoms with Gasteiger partial charge in [0.15, 0.2) is 15.5 Å². The van der Waals surface area contributed by atoms with Gasteiger partial charge in [-0.05, 0) is 53.1 Å². The number of nitrogens with two attached hydrogens (primary N) is 1. The summed E-state index contributed by atoms with van der Waals surface area (Å²) in [6.45, 7) is 2.90. The Morgan fingerprint density at radius 3 is 1.12 bits per heavy atom. The van der Waals surface area contributed by atoms with Crippen LogP contribution in [0.2, 0.25) is 15.1 Å². The fraction of sp³-hybridized carbons (Fsp3) is 0.250. The Hall–Kier alpha value is -4.43. The zero-order valence-corrected chi connectivity index (χ0v) is 35.0. The van der Waals surface area contributed by atoms with Gasteiger partial charge in [0, 0.05) is 71.6 Å². The highest BCUT2D eigenvalue weighted by Gasteiger charge is 2.11. The summed E-state index contributed by atoms with van der Waals surface area (Å²) in [5, 5.41) is 20.1. The molecular weight excluding hydrogens is 845 g/mol. The lowest BCUT2D eigenvalue weighted by Gasteiger charge is -2.12. The number of rotatable bonds is 22. The van der Waals surface area contributed by atoms with Crippen molar-refractivity contribution in [3.05, 3.63) is 111 Å². The van der Waals surface area contributed by atoms with Crippen molar-refractivity contribution in [2.24, 2.45) is 5.73 Å². The second-order valence-corrected chi connectivity index (χ2v) is 15.9. The fourth-order valence-corrected chi connectivity index (χ4v) is 7.38. The molecule has 0 aliphatic rings. The van der Waals surface area contributed by atoms with Gasteiger partial charge < -0.3 is 32.3 Å². The molecule has 6 rings (SSSR count). The van der Waals surface area contributed by atoms with E-state index < -0.39 is 0 Å². The van der Waals surface area contributed by atoms with E-state index in [1.807, 2.05) is 72.8 Å². The molecule has 57 heavy (non-hydrogen) atoms. The smallest absolute Gasteiger partial charge is 0.228 e. The summed E-state index contributed by atoms with van der Waals surface area (Å²) in [7, 11) is 0. The molecule has 0 atom stereocenters. The van der Waals surface area contributed by atoms with Gasteiger partial charge in [0.2, 0.25) is 29.7 Å². The van der Waals surface area contributed by atoms with Gasteiger partial charge in [0.1, 0.15) is 6.33 Å². The van der Waals surface area contributed by atoms with Crippen molar-refractivity contribution >= 4 is 99.8 Å². The van der Waals surface area contributed by atoms with Gasteiger partial charge in [0.25, 0.3) is 0 Å². The summed E-state index contributed by atoms with van der Waals surface area (Å²) in [6, 6.07) is 23.1. The molecule has 296 valence electrons. The normalized spacial score (nSPS) is 10.9. The van der Waals surface area contributed by atoms with Crippen LogP contribution in [-0.4, -0.2) is 84.1 Å². The highest BCUT2D eigenvalue weighted by Crippen LogP contribution is 2.25. The maximum absolute atomic E-state index is 6.09. The molecule has 21 heteroatoms. The summed E-state index contributed by atoms with van der Waals surface area (Å²) >= 11 is 22.7. The number of hydrogen-bond donors (Lipinski definition) is 6. The number of hydrogen-bond acceptors (Lipinski definition) is 18. The number of benzene rings is 3. The first-order chi connectivity index (χ1) is 27.9. The van der Waals surface area contributed by atoms with Crippen LogP contribution in [0.15, 0.2) is 94.6 Å². The molecule has 0 saturated carbocycles. The molecule has 3 aromatic carbocycles. The topological polar surface area (TPSA) is 202 Å². The molecule has 7 N–H and O–H groups in total. The predicted octanol–water partition coefficient (Wildman–Crippen LogP) is 7.50. The number of thioether (sulfide) groups is 3. The molecule has 0 radical (unpaired) electrons. The van der Waals surface area contributed by atoms with Crippen molar-refractivity contribution in [2.45, 2.75) is 32.7 Å². The average Bonchev–Trinajstić information content (AvgIpc) is 3.23. The van der Waals surface area contributed by atoms with E-state index in [1.165, 1.54) is 41.6 Å². The second-order valence-electron chi connectivity index (χ2n) is 11.8. The molecule has 3 heterocycles. The Morgan fingerprint density at radius 2 is 0.737 bits per heavy atom. The minimum atomic E-state index is 0.417. The van der Waals surface area contributed by atoms with Crippen LogP contribution >= 0.6 is 70.1 Å². The number of aromatic nitrogens is 9. The van der Waals surface area contributed by atoms with E-state index in [1.54, 1.807) is 0 Å².